The minimum absolute atomic E-state index is 0.296. The maximum Gasteiger partial charge on any atom is 0.255 e. The van der Waals surface area contributed by atoms with Gasteiger partial charge in [-0.2, -0.15) is 0 Å². The summed E-state index contributed by atoms with van der Waals surface area (Å²) in [6.45, 7) is 0. The van der Waals surface area contributed by atoms with Crippen LogP contribution < -0.4 is 10.1 Å². The number of tetrazole rings is 1. The standard InChI is InChI=1S/C19H17N7O2S/c1-28-15-9-7-13(8-10-15)11-16-22-23-19(29-16)21-18(27)17(26-12-20-24-25-26)14-5-3-2-4-6-14/h2-10,12,17H,11H2,1H3,(H,21,23,27)/t17-/m1/s1. The summed E-state index contributed by atoms with van der Waals surface area (Å²) >= 11 is 1.33. The van der Waals surface area contributed by atoms with Crippen molar-refractivity contribution in [3.8, 4) is 5.75 Å². The number of nitrogens with zero attached hydrogens (tertiary/aromatic N) is 6. The van der Waals surface area contributed by atoms with E-state index in [1.54, 1.807) is 7.11 Å². The third-order valence-electron chi connectivity index (χ3n) is 4.20. The van der Waals surface area contributed by atoms with Gasteiger partial charge in [0.1, 0.15) is 17.1 Å². The number of nitrogens with one attached hydrogen (secondary N) is 1. The van der Waals surface area contributed by atoms with Gasteiger partial charge < -0.3 is 4.74 Å². The van der Waals surface area contributed by atoms with E-state index in [0.29, 0.717) is 11.6 Å². The Kier molecular flexibility index (Phi) is 5.52. The average molecular weight is 407 g/mol. The second-order valence-electron chi connectivity index (χ2n) is 6.12. The lowest BCUT2D eigenvalue weighted by Gasteiger charge is -2.15. The number of hydrogen-bond acceptors (Lipinski definition) is 8. The van der Waals surface area contributed by atoms with Gasteiger partial charge in [-0.1, -0.05) is 53.8 Å². The van der Waals surface area contributed by atoms with Crippen LogP contribution in [0.1, 0.15) is 22.2 Å². The number of anilines is 1. The van der Waals surface area contributed by atoms with Crippen molar-refractivity contribution in [1.82, 2.24) is 30.4 Å². The van der Waals surface area contributed by atoms with Gasteiger partial charge in [0.2, 0.25) is 5.13 Å². The molecule has 0 bridgehead atoms. The summed E-state index contributed by atoms with van der Waals surface area (Å²) in [6.07, 6.45) is 2.03. The van der Waals surface area contributed by atoms with E-state index >= 15 is 0 Å². The molecule has 2 aromatic heterocycles. The van der Waals surface area contributed by atoms with Gasteiger partial charge in [-0.15, -0.1) is 15.3 Å². The molecule has 0 radical (unpaired) electrons. The second-order valence-corrected chi connectivity index (χ2v) is 7.18. The van der Waals surface area contributed by atoms with Crippen molar-refractivity contribution in [2.75, 3.05) is 12.4 Å². The minimum Gasteiger partial charge on any atom is -0.497 e. The van der Waals surface area contributed by atoms with Crippen LogP contribution in [0.3, 0.4) is 0 Å². The van der Waals surface area contributed by atoms with Gasteiger partial charge in [-0.3, -0.25) is 10.1 Å². The van der Waals surface area contributed by atoms with Gasteiger partial charge in [0.25, 0.3) is 5.91 Å². The van der Waals surface area contributed by atoms with Gasteiger partial charge in [0.05, 0.1) is 7.11 Å². The van der Waals surface area contributed by atoms with Crippen LogP contribution in [0.25, 0.3) is 0 Å². The summed E-state index contributed by atoms with van der Waals surface area (Å²) in [6, 6.07) is 16.3. The van der Waals surface area contributed by atoms with Gasteiger partial charge in [0, 0.05) is 6.42 Å². The molecular formula is C19H17N7O2S. The van der Waals surface area contributed by atoms with Crippen LogP contribution in [0.5, 0.6) is 5.75 Å². The molecule has 0 saturated carbocycles. The van der Waals surface area contributed by atoms with E-state index in [1.165, 1.54) is 22.3 Å². The number of hydrogen-bond donors (Lipinski definition) is 1. The van der Waals surface area contributed by atoms with E-state index in [9.17, 15) is 4.79 Å². The highest BCUT2D eigenvalue weighted by Crippen LogP contribution is 2.23. The topological polar surface area (TPSA) is 108 Å². The summed E-state index contributed by atoms with van der Waals surface area (Å²) in [5.41, 5.74) is 1.84. The minimum atomic E-state index is -0.708. The van der Waals surface area contributed by atoms with E-state index in [-0.39, 0.29) is 5.91 Å². The molecule has 4 aromatic rings. The maximum atomic E-state index is 12.9. The fourth-order valence-corrected chi connectivity index (χ4v) is 3.59. The highest BCUT2D eigenvalue weighted by atomic mass is 32.1. The fourth-order valence-electron chi connectivity index (χ4n) is 2.81. The number of amides is 1. The summed E-state index contributed by atoms with van der Waals surface area (Å²) in [7, 11) is 1.63. The zero-order valence-corrected chi connectivity index (χ0v) is 16.3. The zero-order valence-electron chi connectivity index (χ0n) is 15.5. The van der Waals surface area contributed by atoms with Crippen molar-refractivity contribution in [3.63, 3.8) is 0 Å². The third-order valence-corrected chi connectivity index (χ3v) is 5.04. The van der Waals surface area contributed by atoms with Crippen LogP contribution in [0.15, 0.2) is 60.9 Å². The molecular weight excluding hydrogens is 390 g/mol. The highest BCUT2D eigenvalue weighted by molar-refractivity contribution is 7.15. The zero-order chi connectivity index (χ0) is 20.1. The molecule has 1 atom stereocenters. The molecule has 0 fully saturated rings. The Labute approximate surface area is 170 Å². The first-order valence-corrected chi connectivity index (χ1v) is 9.58. The van der Waals surface area contributed by atoms with Crippen LogP contribution in [-0.2, 0) is 11.2 Å². The van der Waals surface area contributed by atoms with Gasteiger partial charge in [0.15, 0.2) is 6.04 Å². The van der Waals surface area contributed by atoms with Gasteiger partial charge >= 0.3 is 0 Å². The lowest BCUT2D eigenvalue weighted by Crippen LogP contribution is -2.27. The molecule has 29 heavy (non-hydrogen) atoms. The molecule has 0 spiro atoms. The molecule has 2 heterocycles. The summed E-state index contributed by atoms with van der Waals surface area (Å²) in [5.74, 6) is 0.504. The number of ether oxygens (including phenoxy) is 1. The Morgan fingerprint density at radius 1 is 1.14 bits per heavy atom. The first kappa shape index (κ1) is 18.7. The maximum absolute atomic E-state index is 12.9. The molecule has 0 unspecified atom stereocenters. The summed E-state index contributed by atoms with van der Waals surface area (Å²) < 4.78 is 6.57. The van der Waals surface area contributed by atoms with Crippen LogP contribution in [0.2, 0.25) is 0 Å². The molecule has 4 rings (SSSR count). The number of aromatic nitrogens is 6. The van der Waals surface area contributed by atoms with Crippen LogP contribution in [-0.4, -0.2) is 43.4 Å². The number of benzene rings is 2. The number of carbonyl (C=O) groups excluding carboxylic acids is 1. The largest absolute Gasteiger partial charge is 0.497 e. The SMILES string of the molecule is COc1ccc(Cc2nnc(NC(=O)[C@@H](c3ccccc3)n3cnnn3)s2)cc1. The fraction of sp³-hybridized carbons (Fsp3) is 0.158. The molecule has 146 valence electrons. The van der Waals surface area contributed by atoms with Crippen molar-refractivity contribution >= 4 is 22.4 Å². The van der Waals surface area contributed by atoms with E-state index < -0.39 is 6.04 Å². The number of carbonyl (C=O) groups is 1. The lowest BCUT2D eigenvalue weighted by atomic mass is 10.1. The molecule has 9 nitrogen and oxygen atoms in total. The first-order valence-electron chi connectivity index (χ1n) is 8.76. The third kappa shape index (κ3) is 4.43. The van der Waals surface area contributed by atoms with Crippen molar-refractivity contribution in [3.05, 3.63) is 77.1 Å². The molecule has 1 amide bonds. The van der Waals surface area contributed by atoms with E-state index in [2.05, 4.69) is 31.0 Å². The number of rotatable bonds is 7. The van der Waals surface area contributed by atoms with Crippen molar-refractivity contribution < 1.29 is 9.53 Å². The highest BCUT2D eigenvalue weighted by Gasteiger charge is 2.25. The summed E-state index contributed by atoms with van der Waals surface area (Å²) in [5, 5.41) is 23.5. The second kappa shape index (κ2) is 8.57. The normalized spacial score (nSPS) is 11.8. The quantitative estimate of drug-likeness (QED) is 0.501. The van der Waals surface area contributed by atoms with E-state index in [4.69, 9.17) is 4.74 Å². The molecule has 1 N–H and O–H groups in total. The van der Waals surface area contributed by atoms with Crippen molar-refractivity contribution in [2.45, 2.75) is 12.5 Å². The molecule has 10 heteroatoms. The van der Waals surface area contributed by atoms with Crippen molar-refractivity contribution in [2.24, 2.45) is 0 Å². The summed E-state index contributed by atoms with van der Waals surface area (Å²) in [4.78, 5) is 12.9. The monoisotopic (exact) mass is 407 g/mol. The Balaban J connectivity index is 1.48. The smallest absolute Gasteiger partial charge is 0.255 e. The predicted molar refractivity (Wildman–Crippen MR) is 107 cm³/mol. The van der Waals surface area contributed by atoms with E-state index in [0.717, 1.165) is 21.9 Å². The Bertz CT molecular complexity index is 1070. The lowest BCUT2D eigenvalue weighted by molar-refractivity contribution is -0.118. The predicted octanol–water partition coefficient (Wildman–Crippen LogP) is 2.35. The number of methoxy groups -OCH3 is 1. The van der Waals surface area contributed by atoms with Crippen LogP contribution in [0, 0.1) is 0 Å². The molecule has 0 saturated heterocycles. The van der Waals surface area contributed by atoms with Crippen molar-refractivity contribution in [1.29, 1.82) is 0 Å². The van der Waals surface area contributed by atoms with E-state index in [1.807, 2.05) is 54.6 Å². The molecule has 0 aliphatic heterocycles. The molecule has 0 aliphatic carbocycles. The molecule has 0 aliphatic rings. The van der Waals surface area contributed by atoms with Crippen LogP contribution in [0.4, 0.5) is 5.13 Å². The molecule has 2 aromatic carbocycles. The van der Waals surface area contributed by atoms with Gasteiger partial charge in [-0.25, -0.2) is 4.68 Å². The van der Waals surface area contributed by atoms with Crippen LogP contribution >= 0.6 is 11.3 Å². The Morgan fingerprint density at radius 2 is 1.93 bits per heavy atom. The van der Waals surface area contributed by atoms with Gasteiger partial charge in [-0.05, 0) is 33.7 Å². The Morgan fingerprint density at radius 3 is 2.62 bits per heavy atom. The first-order chi connectivity index (χ1) is 14.2. The average Bonchev–Trinajstić information content (AvgIpc) is 3.42. The Hall–Kier alpha value is -3.66.